The van der Waals surface area contributed by atoms with E-state index >= 15 is 0 Å². The molecule has 0 saturated carbocycles. The fraction of sp³-hybridized carbons (Fsp3) is 0.417. The van der Waals surface area contributed by atoms with Gasteiger partial charge in [-0.3, -0.25) is 9.69 Å². The molecule has 0 spiro atoms. The first-order valence-corrected chi connectivity index (χ1v) is 10.3. The predicted molar refractivity (Wildman–Crippen MR) is 116 cm³/mol. The zero-order valence-corrected chi connectivity index (χ0v) is 17.2. The van der Waals surface area contributed by atoms with E-state index in [0.29, 0.717) is 17.7 Å². The van der Waals surface area contributed by atoms with Gasteiger partial charge in [-0.15, -0.1) is 0 Å². The van der Waals surface area contributed by atoms with Crippen LogP contribution in [0.1, 0.15) is 45.1 Å². The first-order chi connectivity index (χ1) is 13.5. The molecule has 3 rings (SSSR count). The molecule has 1 unspecified atom stereocenters. The van der Waals surface area contributed by atoms with E-state index in [9.17, 15) is 4.79 Å². The second-order valence-corrected chi connectivity index (χ2v) is 7.99. The van der Waals surface area contributed by atoms with Crippen LogP contribution in [0.5, 0.6) is 0 Å². The van der Waals surface area contributed by atoms with Crippen LogP contribution in [0.2, 0.25) is 0 Å². The van der Waals surface area contributed by atoms with Gasteiger partial charge in [-0.2, -0.15) is 0 Å². The van der Waals surface area contributed by atoms with Gasteiger partial charge < -0.3 is 5.32 Å². The number of nitrogens with zero attached hydrogens (tertiary/aromatic N) is 2. The number of benzene rings is 1. The van der Waals surface area contributed by atoms with Gasteiger partial charge in [-0.1, -0.05) is 51.1 Å². The lowest BCUT2D eigenvalue weighted by Crippen LogP contribution is -2.19. The topological polar surface area (TPSA) is 45.2 Å². The first-order valence-electron chi connectivity index (χ1n) is 10.3. The molecule has 28 heavy (non-hydrogen) atoms. The lowest BCUT2D eigenvalue weighted by Gasteiger charge is -2.17. The summed E-state index contributed by atoms with van der Waals surface area (Å²) in [5, 5.41) is 2.84. The van der Waals surface area contributed by atoms with Gasteiger partial charge >= 0.3 is 0 Å². The minimum Gasteiger partial charge on any atom is -0.307 e. The molecular formula is C24H31N3O. The Kier molecular flexibility index (Phi) is 6.99. The largest absolute Gasteiger partial charge is 0.307 e. The molecular weight excluding hydrogens is 346 g/mol. The van der Waals surface area contributed by atoms with Crippen LogP contribution in [0.25, 0.3) is 11.1 Å². The molecule has 1 amide bonds. The van der Waals surface area contributed by atoms with Crippen LogP contribution in [0.15, 0.2) is 54.7 Å². The van der Waals surface area contributed by atoms with E-state index in [-0.39, 0.29) is 5.91 Å². The van der Waals surface area contributed by atoms with Crippen LogP contribution in [-0.2, 0) is 4.79 Å². The lowest BCUT2D eigenvalue weighted by atomic mass is 9.89. The summed E-state index contributed by atoms with van der Waals surface area (Å²) in [6.45, 7) is 9.85. The number of amides is 1. The van der Waals surface area contributed by atoms with Gasteiger partial charge in [0.1, 0.15) is 5.82 Å². The summed E-state index contributed by atoms with van der Waals surface area (Å²) in [7, 11) is 0. The highest BCUT2D eigenvalue weighted by Gasteiger charge is 2.11. The average molecular weight is 378 g/mol. The normalized spacial score (nSPS) is 16.0. The number of likely N-dealkylation sites (tertiary alicyclic amines) is 1. The zero-order valence-electron chi connectivity index (χ0n) is 17.2. The molecule has 1 aliphatic rings. The molecule has 1 aromatic carbocycles. The average Bonchev–Trinajstić information content (AvgIpc) is 3.21. The van der Waals surface area contributed by atoms with E-state index < -0.39 is 0 Å². The highest BCUT2D eigenvalue weighted by molar-refractivity contribution is 5.98. The Morgan fingerprint density at radius 3 is 2.61 bits per heavy atom. The number of aromatic nitrogens is 1. The summed E-state index contributed by atoms with van der Waals surface area (Å²) in [4.78, 5) is 18.8. The third kappa shape index (κ3) is 5.52. The van der Waals surface area contributed by atoms with Gasteiger partial charge in [0.15, 0.2) is 0 Å². The molecule has 2 heterocycles. The Morgan fingerprint density at radius 1 is 1.14 bits per heavy atom. The molecule has 1 aromatic heterocycles. The molecule has 2 aromatic rings. The van der Waals surface area contributed by atoms with Crippen LogP contribution in [0.3, 0.4) is 0 Å². The number of hydrogen-bond donors (Lipinski definition) is 1. The molecule has 1 atom stereocenters. The van der Waals surface area contributed by atoms with Crippen molar-refractivity contribution in [3.05, 3.63) is 60.3 Å². The summed E-state index contributed by atoms with van der Waals surface area (Å²) in [5.74, 6) is 1.56. The Labute approximate surface area is 168 Å². The van der Waals surface area contributed by atoms with Crippen molar-refractivity contribution in [2.75, 3.05) is 25.0 Å². The highest BCUT2D eigenvalue weighted by atomic mass is 16.1. The smallest absolute Gasteiger partial charge is 0.249 e. The Morgan fingerprint density at radius 2 is 1.93 bits per heavy atom. The molecule has 0 bridgehead atoms. The number of anilines is 1. The minimum atomic E-state index is -0.132. The molecule has 1 N–H and O–H groups in total. The van der Waals surface area contributed by atoms with Gasteiger partial charge in [0, 0.05) is 24.4 Å². The van der Waals surface area contributed by atoms with Gasteiger partial charge in [0.2, 0.25) is 5.91 Å². The number of carbonyl (C=O) groups is 1. The summed E-state index contributed by atoms with van der Waals surface area (Å²) >= 11 is 0. The first kappa shape index (κ1) is 20.3. The molecule has 148 valence electrons. The van der Waals surface area contributed by atoms with Crippen molar-refractivity contribution in [2.24, 2.45) is 5.92 Å². The van der Waals surface area contributed by atoms with Gasteiger partial charge in [0.05, 0.1) is 0 Å². The fourth-order valence-electron chi connectivity index (χ4n) is 3.47. The number of nitrogens with one attached hydrogen (secondary N) is 1. The lowest BCUT2D eigenvalue weighted by molar-refractivity contribution is -0.111. The van der Waals surface area contributed by atoms with E-state index in [1.165, 1.54) is 18.4 Å². The van der Waals surface area contributed by atoms with E-state index in [2.05, 4.69) is 60.2 Å². The summed E-state index contributed by atoms with van der Waals surface area (Å²) < 4.78 is 0. The van der Waals surface area contributed by atoms with Crippen molar-refractivity contribution in [3.8, 4) is 11.1 Å². The predicted octanol–water partition coefficient (Wildman–Crippen LogP) is 5.10. The second-order valence-electron chi connectivity index (χ2n) is 7.99. The van der Waals surface area contributed by atoms with Crippen LogP contribution in [0, 0.1) is 5.92 Å². The van der Waals surface area contributed by atoms with Crippen molar-refractivity contribution in [3.63, 3.8) is 0 Å². The zero-order chi connectivity index (χ0) is 19.9. The van der Waals surface area contributed by atoms with Crippen molar-refractivity contribution >= 4 is 11.7 Å². The molecule has 0 aliphatic carbocycles. The SMILES string of the molecule is CC(C)C(C)c1cccc(-c2ccc(NC(=O)/C=C/CN3CCCC3)nc2)c1. The number of pyridine rings is 1. The molecule has 1 fully saturated rings. The van der Waals surface area contributed by atoms with Gasteiger partial charge in [-0.05, 0) is 61.0 Å². The summed E-state index contributed by atoms with van der Waals surface area (Å²) in [5.41, 5.74) is 3.55. The fourth-order valence-corrected chi connectivity index (χ4v) is 3.47. The number of rotatable bonds is 7. The Bertz CT molecular complexity index is 805. The monoisotopic (exact) mass is 377 g/mol. The van der Waals surface area contributed by atoms with Crippen LogP contribution < -0.4 is 5.32 Å². The quantitative estimate of drug-likeness (QED) is 0.683. The van der Waals surface area contributed by atoms with E-state index in [1.807, 2.05) is 24.4 Å². The van der Waals surface area contributed by atoms with Crippen LogP contribution in [0.4, 0.5) is 5.82 Å². The summed E-state index contributed by atoms with van der Waals surface area (Å²) in [6, 6.07) is 12.5. The standard InChI is InChI=1S/C24H31N3O/c1-18(2)19(3)20-8-6-9-21(16-20)22-11-12-23(25-17-22)26-24(28)10-7-15-27-13-4-5-14-27/h6-12,16-19H,4-5,13-15H2,1-3H3,(H,25,26,28)/b10-7+. The molecule has 4 nitrogen and oxygen atoms in total. The van der Waals surface area contributed by atoms with Crippen molar-refractivity contribution < 1.29 is 4.79 Å². The third-order valence-corrected chi connectivity index (χ3v) is 5.59. The highest BCUT2D eigenvalue weighted by Crippen LogP contribution is 2.28. The van der Waals surface area contributed by atoms with Gasteiger partial charge in [0.25, 0.3) is 0 Å². The molecule has 4 heteroatoms. The maximum atomic E-state index is 12.1. The molecule has 1 aliphatic heterocycles. The van der Waals surface area contributed by atoms with Crippen molar-refractivity contribution in [2.45, 2.75) is 39.5 Å². The Hall–Kier alpha value is -2.46. The van der Waals surface area contributed by atoms with Crippen LogP contribution >= 0.6 is 0 Å². The van der Waals surface area contributed by atoms with Crippen molar-refractivity contribution in [1.29, 1.82) is 0 Å². The van der Waals surface area contributed by atoms with Crippen LogP contribution in [-0.4, -0.2) is 35.4 Å². The van der Waals surface area contributed by atoms with Crippen molar-refractivity contribution in [1.82, 2.24) is 9.88 Å². The minimum absolute atomic E-state index is 0.132. The maximum absolute atomic E-state index is 12.1. The van der Waals surface area contributed by atoms with Gasteiger partial charge in [-0.25, -0.2) is 4.98 Å². The number of carbonyl (C=O) groups excluding carboxylic acids is 1. The molecule has 1 saturated heterocycles. The maximum Gasteiger partial charge on any atom is 0.249 e. The third-order valence-electron chi connectivity index (χ3n) is 5.59. The number of hydrogen-bond acceptors (Lipinski definition) is 3. The molecule has 0 radical (unpaired) electrons. The Balaban J connectivity index is 1.59. The van der Waals surface area contributed by atoms with E-state index in [4.69, 9.17) is 0 Å². The second kappa shape index (κ2) is 9.65. The summed E-state index contributed by atoms with van der Waals surface area (Å²) in [6.07, 6.45) is 7.87. The van der Waals surface area contributed by atoms with E-state index in [1.54, 1.807) is 6.08 Å². The van der Waals surface area contributed by atoms with E-state index in [0.717, 1.165) is 30.8 Å².